The van der Waals surface area contributed by atoms with Gasteiger partial charge in [-0.05, 0) is 187 Å². The van der Waals surface area contributed by atoms with E-state index in [1.165, 1.54) is 46.0 Å². The smallest absolute Gasteiger partial charge is 0.235 e. The number of nitrogens with two attached hydrogens (primary N) is 3. The molecular weight excluding hydrogens is 1860 g/mol. The van der Waals surface area contributed by atoms with Crippen molar-refractivity contribution in [2.24, 2.45) is 40.4 Å². The molecule has 27 nitrogen and oxygen atoms in total. The van der Waals surface area contributed by atoms with Crippen molar-refractivity contribution in [3.8, 4) is 91.0 Å². The van der Waals surface area contributed by atoms with E-state index in [9.17, 15) is 62.7 Å². The topological polar surface area (TPSA) is 366 Å². The van der Waals surface area contributed by atoms with E-state index < -0.39 is 58.1 Å². The molecule has 732 valence electrons. The average Bonchev–Trinajstić information content (AvgIpc) is 1.62. The first-order valence-corrected chi connectivity index (χ1v) is 48.5. The fourth-order valence-electron chi connectivity index (χ4n) is 18.9. The van der Waals surface area contributed by atoms with Crippen molar-refractivity contribution in [3.05, 3.63) is 278 Å². The molecular formula is C106H101F8N17O10S. The van der Waals surface area contributed by atoms with Crippen LogP contribution in [0.5, 0.6) is 23.0 Å². The van der Waals surface area contributed by atoms with Crippen LogP contribution in [0.3, 0.4) is 0 Å². The van der Waals surface area contributed by atoms with Crippen LogP contribution in [-0.2, 0) is 9.84 Å². The quantitative estimate of drug-likeness (QED) is 0.0303. The zero-order valence-electron chi connectivity index (χ0n) is 78.0. The summed E-state index contributed by atoms with van der Waals surface area (Å²) >= 11 is 0. The summed E-state index contributed by atoms with van der Waals surface area (Å²) in [6, 6.07) is 41.0. The van der Waals surface area contributed by atoms with E-state index in [0.717, 1.165) is 123 Å². The van der Waals surface area contributed by atoms with Crippen LogP contribution in [0.4, 0.5) is 35.1 Å². The maximum Gasteiger partial charge on any atom is 0.235 e. The number of carbonyl (C=O) groups excluding carboxylic acids is 4. The Morgan fingerprint density at radius 1 is 0.373 bits per heavy atom. The third-order valence-electron chi connectivity index (χ3n) is 25.9. The number of Topliss-reactive ketones (excluding diaryl/α,β-unsaturated/α-hetero) is 4. The zero-order chi connectivity index (χ0) is 100.0. The van der Waals surface area contributed by atoms with E-state index in [-0.39, 0.29) is 101 Å². The second-order valence-electron chi connectivity index (χ2n) is 36.6. The lowest BCUT2D eigenvalue weighted by molar-refractivity contribution is 0.0856. The number of hydrogen-bond donors (Lipinski definition) is 3. The summed E-state index contributed by atoms with van der Waals surface area (Å²) in [5.74, 6) is 0.458. The van der Waals surface area contributed by atoms with Gasteiger partial charge in [-0.2, -0.15) is 0 Å². The van der Waals surface area contributed by atoms with Crippen LogP contribution in [0.25, 0.3) is 112 Å². The molecule has 0 spiro atoms. The first-order chi connectivity index (χ1) is 68.2. The van der Waals surface area contributed by atoms with Gasteiger partial charge in [0.2, 0.25) is 43.3 Å². The molecule has 11 aromatic heterocycles. The standard InChI is InChI=1S/C28H26F2N2O4S.3C26H25F2N5O2/c1-18(29)36-23-5-3-4-19(12-23)24-16-32(22-8-6-21(30)7-9-22)25-13-20(15-31-27(24)25)26(33)14-28(2)10-11-37(34,35)17-28;3*1-15(27)35-20-6-2-4-16(8-20)21-14-33(26-31-12-19(28)13-32-26)23-9-18(11-30-25(21)23)24(34)10-17-5-3-7-22(17)29/h3-9,12-13,15-16,18H,10-11,14,17H2,1-2H3;3*2,4,6,8-9,11-15,17,22H,3,5,7,10,29H2,1H3/t18?,28-;15?,17-,22+;2*15?,17-,22-/m1010/s1. The molecule has 11 atom stereocenters. The summed E-state index contributed by atoms with van der Waals surface area (Å²) in [7, 11) is -3.14. The largest absolute Gasteiger partial charge is 0.461 e. The summed E-state index contributed by atoms with van der Waals surface area (Å²) in [4.78, 5) is 95.5. The van der Waals surface area contributed by atoms with Gasteiger partial charge in [0.25, 0.3) is 0 Å². The number of carbonyl (C=O) groups is 4. The molecule has 142 heavy (non-hydrogen) atoms. The third kappa shape index (κ3) is 23.1. The van der Waals surface area contributed by atoms with Gasteiger partial charge in [-0.3, -0.25) is 52.8 Å². The number of aromatic nitrogens is 14. The van der Waals surface area contributed by atoms with E-state index in [2.05, 4.69) is 49.8 Å². The summed E-state index contributed by atoms with van der Waals surface area (Å²) in [6.45, 7) is 7.05. The highest BCUT2D eigenvalue weighted by molar-refractivity contribution is 7.91. The molecule has 36 heteroatoms. The first-order valence-electron chi connectivity index (χ1n) is 46.7. The van der Waals surface area contributed by atoms with Gasteiger partial charge in [0.05, 0.1) is 92.8 Å². The molecule has 5 aromatic carbocycles. The van der Waals surface area contributed by atoms with Crippen LogP contribution in [-0.4, -0.2) is 155 Å². The number of pyridine rings is 4. The van der Waals surface area contributed by atoms with Gasteiger partial charge in [0.15, 0.2) is 50.4 Å². The molecule has 4 fully saturated rings. The predicted octanol–water partition coefficient (Wildman–Crippen LogP) is 21.0. The number of halogens is 8. The van der Waals surface area contributed by atoms with Crippen molar-refractivity contribution >= 4 is 77.1 Å². The minimum atomic E-state index is -3.14. The fraction of sp³-hybridized carbons (Fsp3) is 0.302. The van der Waals surface area contributed by atoms with Gasteiger partial charge < -0.3 is 40.7 Å². The maximum atomic E-state index is 13.6. The van der Waals surface area contributed by atoms with Crippen molar-refractivity contribution in [3.63, 3.8) is 0 Å². The number of rotatable bonds is 28. The van der Waals surface area contributed by atoms with E-state index in [1.54, 1.807) is 160 Å². The Labute approximate surface area is 811 Å². The lowest BCUT2D eigenvalue weighted by Gasteiger charge is -2.20. The van der Waals surface area contributed by atoms with Gasteiger partial charge >= 0.3 is 0 Å². The van der Waals surface area contributed by atoms with Crippen molar-refractivity contribution in [1.29, 1.82) is 0 Å². The molecule has 20 rings (SSSR count). The van der Waals surface area contributed by atoms with Gasteiger partial charge in [0.1, 0.15) is 28.8 Å². The number of fused-ring (bicyclic) bond motifs is 4. The Kier molecular flexibility index (Phi) is 29.8. The van der Waals surface area contributed by atoms with Crippen molar-refractivity contribution in [1.82, 2.24) is 68.1 Å². The lowest BCUT2D eigenvalue weighted by atomic mass is 9.83. The predicted molar refractivity (Wildman–Crippen MR) is 521 cm³/mol. The highest BCUT2D eigenvalue weighted by Crippen LogP contribution is 2.43. The Morgan fingerprint density at radius 3 is 0.923 bits per heavy atom. The Balaban J connectivity index is 0.000000130. The second-order valence-corrected chi connectivity index (χ2v) is 38.7. The molecule has 3 saturated carbocycles. The van der Waals surface area contributed by atoms with E-state index >= 15 is 0 Å². The SMILES string of the molecule is CC(F)Oc1cccc(-c2cn(-c3ccc(F)cc3)c3cc(C(=O)C[C@@]4(C)CCS(=O)(=O)C4)cnc23)c1.CC(F)Oc1cccc(-c2cn(-c3ncc(F)cn3)c3cc(C(=O)C[C@@H]4CCC[C@@H]4N)cnc23)c1.CC(F)Oc1cccc(-c2cn(-c3ncc(F)cn3)c3cc(C(=O)C[C@@H]4CCC[C@H]4N)cnc23)c1.CC(F)Oc1cccc(-c2cn(-c3ncc(F)cn3)c3cc(C(=O)C[C@H]4CCC[C@H]4N)cnc23)c1. The van der Waals surface area contributed by atoms with Gasteiger partial charge in [-0.1, -0.05) is 74.7 Å². The first kappa shape index (κ1) is 98.8. The van der Waals surface area contributed by atoms with E-state index in [0.29, 0.717) is 137 Å². The Bertz CT molecular complexity index is 6960. The number of ether oxygens (including phenoxy) is 4. The van der Waals surface area contributed by atoms with E-state index in [4.69, 9.17) is 36.1 Å². The lowest BCUT2D eigenvalue weighted by Crippen LogP contribution is -2.26. The van der Waals surface area contributed by atoms with Gasteiger partial charge in [-0.15, -0.1) is 0 Å². The highest BCUT2D eigenvalue weighted by Gasteiger charge is 2.41. The number of nitrogens with zero attached hydrogens (tertiary/aromatic N) is 14. The molecule has 1 saturated heterocycles. The van der Waals surface area contributed by atoms with Crippen LogP contribution >= 0.6 is 0 Å². The van der Waals surface area contributed by atoms with Crippen molar-refractivity contribution in [2.45, 2.75) is 168 Å². The molecule has 4 unspecified atom stereocenters. The average molecular weight is 1960 g/mol. The number of sulfone groups is 1. The maximum absolute atomic E-state index is 13.6. The molecule has 12 heterocycles. The third-order valence-corrected chi connectivity index (χ3v) is 27.8. The van der Waals surface area contributed by atoms with Crippen LogP contribution in [0.2, 0.25) is 0 Å². The minimum Gasteiger partial charge on any atom is -0.461 e. The monoisotopic (exact) mass is 1960 g/mol. The second kappa shape index (κ2) is 42.7. The van der Waals surface area contributed by atoms with Crippen molar-refractivity contribution in [2.75, 3.05) is 11.5 Å². The van der Waals surface area contributed by atoms with Gasteiger partial charge in [0, 0.05) is 171 Å². The molecule has 6 N–H and O–H groups in total. The van der Waals surface area contributed by atoms with Crippen LogP contribution in [0.1, 0.15) is 166 Å². The Hall–Kier alpha value is -14.8. The van der Waals surface area contributed by atoms with Crippen LogP contribution < -0.4 is 36.1 Å². The van der Waals surface area contributed by atoms with Crippen LogP contribution in [0, 0.1) is 46.4 Å². The molecule has 0 amide bonds. The van der Waals surface area contributed by atoms with Crippen LogP contribution in [0.15, 0.2) is 232 Å². The molecule has 16 aromatic rings. The molecule has 1 aliphatic heterocycles. The highest BCUT2D eigenvalue weighted by atomic mass is 32.2. The number of hydrogen-bond acceptors (Lipinski definition) is 23. The molecule has 0 radical (unpaired) electrons. The molecule has 3 aliphatic carbocycles. The summed E-state index contributed by atoms with van der Waals surface area (Å²) in [5, 5.41) is 0. The number of ketones is 4. The Morgan fingerprint density at radius 2 is 0.655 bits per heavy atom. The number of benzene rings is 5. The summed E-state index contributed by atoms with van der Waals surface area (Å²) in [6.07, 6.45) is 24.4. The molecule has 0 bridgehead atoms. The molecule has 4 aliphatic rings. The fourth-order valence-corrected chi connectivity index (χ4v) is 21.2. The van der Waals surface area contributed by atoms with E-state index in [1.807, 2.05) is 42.0 Å². The number of alkyl halides is 4. The van der Waals surface area contributed by atoms with Crippen molar-refractivity contribution < 1.29 is 81.7 Å². The summed E-state index contributed by atoms with van der Waals surface area (Å²) in [5.41, 5.74) is 30.9. The summed E-state index contributed by atoms with van der Waals surface area (Å²) < 4.78 is 159. The zero-order valence-corrected chi connectivity index (χ0v) is 78.9. The minimum absolute atomic E-state index is 0.00652. The normalized spacial score (nSPS) is 18.9. The van der Waals surface area contributed by atoms with Gasteiger partial charge in [-0.25, -0.2) is 73.4 Å².